The topological polar surface area (TPSA) is 142 Å². The van der Waals surface area contributed by atoms with E-state index in [2.05, 4.69) is 41.0 Å². The van der Waals surface area contributed by atoms with Crippen LogP contribution in [0.5, 0.6) is 0 Å². The molecule has 0 aromatic carbocycles. The number of halogens is 2. The third-order valence-electron chi connectivity index (χ3n) is 6.50. The van der Waals surface area contributed by atoms with Crippen molar-refractivity contribution < 1.29 is 14.4 Å². The number of fused-ring (bicyclic) bond motifs is 1. The number of carbonyl (C=O) groups excluding carboxylic acids is 3. The molecule has 38 heavy (non-hydrogen) atoms. The summed E-state index contributed by atoms with van der Waals surface area (Å²) in [7, 11) is 2.05. The Hall–Kier alpha value is -2.71. The molecular formula is C23H26Cl2N8O3S2. The number of carbonyl (C=O) groups is 3. The summed E-state index contributed by atoms with van der Waals surface area (Å²) in [5.41, 5.74) is 2.66. The van der Waals surface area contributed by atoms with Gasteiger partial charge < -0.3 is 20.9 Å². The first-order chi connectivity index (χ1) is 17.9. The first kappa shape index (κ1) is 28.3. The first-order valence-corrected chi connectivity index (χ1v) is 13.9. The second-order valence-electron chi connectivity index (χ2n) is 9.14. The fourth-order valence-corrected chi connectivity index (χ4v) is 6.50. The third kappa shape index (κ3) is 6.64. The van der Waals surface area contributed by atoms with Crippen LogP contribution in [-0.4, -0.2) is 68.5 Å². The van der Waals surface area contributed by atoms with E-state index in [1.54, 1.807) is 11.6 Å². The Labute approximate surface area is 238 Å². The van der Waals surface area contributed by atoms with Crippen molar-refractivity contribution >= 4 is 70.2 Å². The summed E-state index contributed by atoms with van der Waals surface area (Å²) < 4.78 is 0. The second-order valence-corrected chi connectivity index (χ2v) is 11.5. The van der Waals surface area contributed by atoms with Crippen LogP contribution in [0.4, 0.5) is 5.82 Å². The van der Waals surface area contributed by atoms with Crippen LogP contribution in [0.1, 0.15) is 50.6 Å². The quantitative estimate of drug-likeness (QED) is 0.381. The number of likely N-dealkylation sites (N-methyl/N-ethyl adjacent to an activating group) is 1. The molecule has 0 spiro atoms. The lowest BCUT2D eigenvalue weighted by molar-refractivity contribution is -0.136. The maximum Gasteiger partial charge on any atom is 0.314 e. The van der Waals surface area contributed by atoms with Crippen molar-refractivity contribution in [2.24, 2.45) is 0 Å². The Balaban J connectivity index is 0.00000336. The van der Waals surface area contributed by atoms with E-state index in [0.717, 1.165) is 41.5 Å². The maximum atomic E-state index is 13.2. The van der Waals surface area contributed by atoms with Crippen molar-refractivity contribution in [3.8, 4) is 0 Å². The first-order valence-electron chi connectivity index (χ1n) is 11.8. The summed E-state index contributed by atoms with van der Waals surface area (Å²) in [5, 5.41) is 18.2. The van der Waals surface area contributed by atoms with Gasteiger partial charge in [0.15, 0.2) is 5.01 Å². The molecule has 3 atom stereocenters. The zero-order valence-corrected chi connectivity index (χ0v) is 23.6. The molecule has 15 heteroatoms. The molecule has 0 saturated heterocycles. The van der Waals surface area contributed by atoms with Crippen LogP contribution in [0.25, 0.3) is 0 Å². The molecule has 0 radical (unpaired) electrons. The molecule has 1 aliphatic heterocycles. The highest BCUT2D eigenvalue weighted by Gasteiger charge is 2.36. The zero-order valence-electron chi connectivity index (χ0n) is 20.3. The summed E-state index contributed by atoms with van der Waals surface area (Å²) in [5.74, 6) is -1.62. The fraction of sp³-hybridized carbons (Fsp3) is 0.435. The average molecular weight is 598 g/mol. The molecule has 1 aliphatic carbocycles. The van der Waals surface area contributed by atoms with Gasteiger partial charge in [0, 0.05) is 42.5 Å². The van der Waals surface area contributed by atoms with Gasteiger partial charge in [-0.1, -0.05) is 11.6 Å². The Morgan fingerprint density at radius 1 is 1.13 bits per heavy atom. The number of nitrogens with zero attached hydrogens (tertiary/aromatic N) is 5. The summed E-state index contributed by atoms with van der Waals surface area (Å²) in [6.07, 6.45) is 4.05. The van der Waals surface area contributed by atoms with Crippen LogP contribution in [0.3, 0.4) is 0 Å². The predicted molar refractivity (Wildman–Crippen MR) is 147 cm³/mol. The van der Waals surface area contributed by atoms with Crippen molar-refractivity contribution in [2.45, 2.75) is 50.2 Å². The van der Waals surface area contributed by atoms with E-state index in [1.165, 1.54) is 34.9 Å². The molecule has 3 aromatic rings. The van der Waals surface area contributed by atoms with Gasteiger partial charge in [0.2, 0.25) is 0 Å². The molecule has 202 valence electrons. The molecule has 11 nitrogen and oxygen atoms in total. The lowest BCUT2D eigenvalue weighted by Crippen LogP contribution is -2.56. The van der Waals surface area contributed by atoms with Gasteiger partial charge in [-0.2, -0.15) is 0 Å². The van der Waals surface area contributed by atoms with Crippen molar-refractivity contribution in [2.75, 3.05) is 18.9 Å². The number of thiazole rings is 1. The minimum Gasteiger partial charge on any atom is -0.345 e. The van der Waals surface area contributed by atoms with E-state index in [1.807, 2.05) is 7.05 Å². The van der Waals surface area contributed by atoms with Crippen LogP contribution in [0.15, 0.2) is 23.8 Å². The van der Waals surface area contributed by atoms with Gasteiger partial charge in [-0.05, 0) is 38.4 Å². The van der Waals surface area contributed by atoms with Gasteiger partial charge >= 0.3 is 11.8 Å². The summed E-state index contributed by atoms with van der Waals surface area (Å²) >= 11 is 8.70. The molecule has 0 bridgehead atoms. The highest BCUT2D eigenvalue weighted by Crippen LogP contribution is 2.34. The van der Waals surface area contributed by atoms with Crippen molar-refractivity contribution in [3.63, 3.8) is 0 Å². The maximum absolute atomic E-state index is 13.2. The Morgan fingerprint density at radius 2 is 1.97 bits per heavy atom. The van der Waals surface area contributed by atoms with Gasteiger partial charge in [-0.15, -0.1) is 45.3 Å². The number of rotatable bonds is 5. The van der Waals surface area contributed by atoms with Gasteiger partial charge in [-0.25, -0.2) is 9.97 Å². The number of hydrogen-bond donors (Lipinski definition) is 3. The molecule has 3 N–H and O–H groups in total. The van der Waals surface area contributed by atoms with Crippen molar-refractivity contribution in [1.29, 1.82) is 0 Å². The van der Waals surface area contributed by atoms with Crippen molar-refractivity contribution in [3.05, 3.63) is 49.4 Å². The molecule has 5 rings (SSSR count). The number of pyridine rings is 1. The molecular weight excluding hydrogens is 571 g/mol. The normalized spacial score (nSPS) is 21.1. The largest absolute Gasteiger partial charge is 0.345 e. The summed E-state index contributed by atoms with van der Waals surface area (Å²) in [4.78, 5) is 50.3. The highest BCUT2D eigenvalue weighted by atomic mass is 35.5. The smallest absolute Gasteiger partial charge is 0.314 e. The number of aromatic nitrogens is 4. The van der Waals surface area contributed by atoms with Gasteiger partial charge in [0.05, 0.1) is 16.8 Å². The van der Waals surface area contributed by atoms with E-state index >= 15 is 0 Å². The Kier molecular flexibility index (Phi) is 9.26. The van der Waals surface area contributed by atoms with Crippen LogP contribution >= 0.6 is 46.7 Å². The van der Waals surface area contributed by atoms with E-state index in [0.29, 0.717) is 22.9 Å². The van der Waals surface area contributed by atoms with E-state index in [4.69, 9.17) is 11.6 Å². The van der Waals surface area contributed by atoms with Crippen LogP contribution in [-0.2, 0) is 22.6 Å². The number of anilines is 1. The lowest BCUT2D eigenvalue weighted by atomic mass is 9.82. The predicted octanol–water partition coefficient (Wildman–Crippen LogP) is 2.64. The minimum atomic E-state index is -0.845. The van der Waals surface area contributed by atoms with E-state index < -0.39 is 23.9 Å². The number of hydrogen-bond acceptors (Lipinski definition) is 10. The Bertz CT molecular complexity index is 1290. The van der Waals surface area contributed by atoms with Gasteiger partial charge in [-0.3, -0.25) is 14.4 Å². The van der Waals surface area contributed by atoms with Gasteiger partial charge in [0.25, 0.3) is 5.91 Å². The average Bonchev–Trinajstić information content (AvgIpc) is 3.56. The lowest BCUT2D eigenvalue weighted by Gasteiger charge is -2.36. The molecule has 0 unspecified atom stereocenters. The standard InChI is InChI=1S/C23H25ClN8O3S2.ClH/c1-32-7-6-15-17(10-32)37-23(29-15)21(35)28-16-8-12(22-31-26-11-36-22)2-4-14(16)27-19(33)20(34)30-18-5-3-13(24)9-25-18;/h3,5,9,11-12,14,16H,2,4,6-8,10H2,1H3,(H,27,33)(H,28,35)(H,25,30,34);1H/t12-,14-,16+;/m0./s1. The molecule has 1 saturated carbocycles. The SMILES string of the molecule is CN1CCc2nc(C(=O)N[C@@H]3C[C@@H](c4nncs4)CC[C@@H]3NC(=O)C(=O)Nc3ccc(Cl)cn3)sc2C1.Cl. The summed E-state index contributed by atoms with van der Waals surface area (Å²) in [6.45, 7) is 1.69. The highest BCUT2D eigenvalue weighted by molar-refractivity contribution is 7.13. The van der Waals surface area contributed by atoms with Crippen LogP contribution < -0.4 is 16.0 Å². The molecule has 3 amide bonds. The zero-order chi connectivity index (χ0) is 25.9. The monoisotopic (exact) mass is 596 g/mol. The van der Waals surface area contributed by atoms with Crippen LogP contribution in [0, 0.1) is 0 Å². The fourth-order valence-electron chi connectivity index (χ4n) is 4.59. The van der Waals surface area contributed by atoms with Crippen LogP contribution in [0.2, 0.25) is 5.02 Å². The molecule has 3 aromatic heterocycles. The number of amides is 3. The molecule has 4 heterocycles. The van der Waals surface area contributed by atoms with E-state index in [-0.39, 0.29) is 30.0 Å². The number of nitrogens with one attached hydrogen (secondary N) is 3. The Morgan fingerprint density at radius 3 is 2.71 bits per heavy atom. The van der Waals surface area contributed by atoms with E-state index in [9.17, 15) is 14.4 Å². The molecule has 2 aliphatic rings. The van der Waals surface area contributed by atoms with Gasteiger partial charge in [0.1, 0.15) is 16.3 Å². The minimum absolute atomic E-state index is 0. The summed E-state index contributed by atoms with van der Waals surface area (Å²) in [6, 6.07) is 2.22. The third-order valence-corrected chi connectivity index (χ3v) is 8.66. The molecule has 1 fully saturated rings. The second kappa shape index (κ2) is 12.4. The van der Waals surface area contributed by atoms with Crippen molar-refractivity contribution in [1.82, 2.24) is 35.7 Å².